The minimum Gasteiger partial charge on any atom is -0.307 e. The van der Waals surface area contributed by atoms with Crippen LogP contribution in [0.4, 0.5) is 0 Å². The van der Waals surface area contributed by atoms with Gasteiger partial charge < -0.3 is 5.32 Å². The fraction of sp³-hybridized carbons (Fsp3) is 0.400. The van der Waals surface area contributed by atoms with Gasteiger partial charge >= 0.3 is 0 Å². The number of halogens is 1. The minimum absolute atomic E-state index is 0.330. The quantitative estimate of drug-likeness (QED) is 0.802. The van der Waals surface area contributed by atoms with E-state index < -0.39 is 0 Å². The Balaban J connectivity index is 2.09. The molecular formula is C10H11BrN4. The Morgan fingerprint density at radius 1 is 1.47 bits per heavy atom. The van der Waals surface area contributed by atoms with Crippen molar-refractivity contribution < 1.29 is 0 Å². The fourth-order valence-corrected chi connectivity index (χ4v) is 2.36. The maximum atomic E-state index is 4.51. The highest BCUT2D eigenvalue weighted by molar-refractivity contribution is 9.10. The topological polar surface area (TPSA) is 42.2 Å². The molecule has 1 atom stereocenters. The summed E-state index contributed by atoms with van der Waals surface area (Å²) in [6.07, 6.45) is 2.34. The lowest BCUT2D eigenvalue weighted by molar-refractivity contribution is 0.603. The van der Waals surface area contributed by atoms with Gasteiger partial charge in [0.15, 0.2) is 11.5 Å². The molecule has 5 heteroatoms. The zero-order chi connectivity index (χ0) is 10.3. The van der Waals surface area contributed by atoms with Crippen LogP contribution < -0.4 is 5.32 Å². The van der Waals surface area contributed by atoms with Crippen LogP contribution in [0.2, 0.25) is 0 Å². The maximum absolute atomic E-state index is 4.51. The second-order valence-electron chi connectivity index (χ2n) is 3.74. The molecule has 0 bridgehead atoms. The minimum atomic E-state index is 0.330. The first-order valence-corrected chi connectivity index (χ1v) is 5.88. The van der Waals surface area contributed by atoms with Crippen molar-refractivity contribution in [2.45, 2.75) is 18.9 Å². The molecule has 0 radical (unpaired) electrons. The molecular weight excluding hydrogens is 256 g/mol. The predicted molar refractivity (Wildman–Crippen MR) is 60.7 cm³/mol. The summed E-state index contributed by atoms with van der Waals surface area (Å²) in [5.41, 5.74) is 0.896. The molecule has 1 N–H and O–H groups in total. The van der Waals surface area contributed by atoms with Crippen molar-refractivity contribution in [3.63, 3.8) is 0 Å². The SMILES string of the molecule is Brc1cccc2nc(C3CCCN3)nn12. The highest BCUT2D eigenvalue weighted by Gasteiger charge is 2.20. The average molecular weight is 267 g/mol. The number of nitrogens with one attached hydrogen (secondary N) is 1. The Bertz CT molecular complexity index is 487. The summed E-state index contributed by atoms with van der Waals surface area (Å²) >= 11 is 3.46. The first-order valence-electron chi connectivity index (χ1n) is 5.09. The lowest BCUT2D eigenvalue weighted by Gasteiger charge is -2.02. The molecule has 3 rings (SSSR count). The van der Waals surface area contributed by atoms with Crippen LogP contribution >= 0.6 is 15.9 Å². The van der Waals surface area contributed by atoms with Crippen molar-refractivity contribution in [2.24, 2.45) is 0 Å². The van der Waals surface area contributed by atoms with E-state index in [1.165, 1.54) is 6.42 Å². The lowest BCUT2D eigenvalue weighted by atomic mass is 10.2. The van der Waals surface area contributed by atoms with Crippen LogP contribution in [0.25, 0.3) is 5.65 Å². The van der Waals surface area contributed by atoms with Gasteiger partial charge in [-0.25, -0.2) is 9.50 Å². The highest BCUT2D eigenvalue weighted by Crippen LogP contribution is 2.21. The Morgan fingerprint density at radius 2 is 2.40 bits per heavy atom. The van der Waals surface area contributed by atoms with Gasteiger partial charge in [-0.05, 0) is 47.4 Å². The molecule has 0 saturated carbocycles. The van der Waals surface area contributed by atoms with E-state index in [9.17, 15) is 0 Å². The van der Waals surface area contributed by atoms with Gasteiger partial charge in [0.2, 0.25) is 0 Å². The van der Waals surface area contributed by atoms with Gasteiger partial charge in [-0.15, -0.1) is 5.10 Å². The summed E-state index contributed by atoms with van der Waals surface area (Å²) < 4.78 is 2.77. The summed E-state index contributed by atoms with van der Waals surface area (Å²) in [5.74, 6) is 0.902. The zero-order valence-corrected chi connectivity index (χ0v) is 9.74. The van der Waals surface area contributed by atoms with Crippen molar-refractivity contribution in [3.8, 4) is 0 Å². The Labute approximate surface area is 95.8 Å². The molecule has 2 aromatic heterocycles. The van der Waals surface area contributed by atoms with Crippen LogP contribution in [0.3, 0.4) is 0 Å². The molecule has 3 heterocycles. The molecule has 1 saturated heterocycles. The van der Waals surface area contributed by atoms with Crippen molar-refractivity contribution in [1.29, 1.82) is 0 Å². The third kappa shape index (κ3) is 1.55. The van der Waals surface area contributed by atoms with E-state index >= 15 is 0 Å². The third-order valence-electron chi connectivity index (χ3n) is 2.70. The Kier molecular flexibility index (Phi) is 2.21. The molecule has 4 nitrogen and oxygen atoms in total. The van der Waals surface area contributed by atoms with Gasteiger partial charge in [-0.3, -0.25) is 0 Å². The Morgan fingerprint density at radius 3 is 3.13 bits per heavy atom. The number of nitrogens with zero attached hydrogens (tertiary/aromatic N) is 3. The third-order valence-corrected chi connectivity index (χ3v) is 3.30. The molecule has 1 aliphatic rings. The number of rotatable bonds is 1. The van der Waals surface area contributed by atoms with Gasteiger partial charge in [0.25, 0.3) is 0 Å². The van der Waals surface area contributed by atoms with Crippen LogP contribution in [0, 0.1) is 0 Å². The molecule has 0 spiro atoms. The van der Waals surface area contributed by atoms with Gasteiger partial charge in [-0.2, -0.15) is 0 Å². The largest absolute Gasteiger partial charge is 0.307 e. The van der Waals surface area contributed by atoms with E-state index in [0.29, 0.717) is 6.04 Å². The average Bonchev–Trinajstić information content (AvgIpc) is 2.86. The first-order chi connectivity index (χ1) is 7.34. The van der Waals surface area contributed by atoms with E-state index in [-0.39, 0.29) is 0 Å². The molecule has 1 fully saturated rings. The van der Waals surface area contributed by atoms with Crippen LogP contribution in [-0.2, 0) is 0 Å². The predicted octanol–water partition coefficient (Wildman–Crippen LogP) is 1.92. The van der Waals surface area contributed by atoms with Crippen molar-refractivity contribution in [1.82, 2.24) is 19.9 Å². The molecule has 1 unspecified atom stereocenters. The van der Waals surface area contributed by atoms with Crippen molar-refractivity contribution in [2.75, 3.05) is 6.54 Å². The molecule has 0 amide bonds. The van der Waals surface area contributed by atoms with E-state index in [1.807, 2.05) is 22.7 Å². The number of aromatic nitrogens is 3. The first kappa shape index (κ1) is 9.30. The van der Waals surface area contributed by atoms with Crippen molar-refractivity contribution >= 4 is 21.6 Å². The maximum Gasteiger partial charge on any atom is 0.168 e. The van der Waals surface area contributed by atoms with Crippen LogP contribution in [0.5, 0.6) is 0 Å². The molecule has 0 aliphatic carbocycles. The summed E-state index contributed by atoms with van der Waals surface area (Å²) in [7, 11) is 0. The summed E-state index contributed by atoms with van der Waals surface area (Å²) in [5, 5.41) is 7.89. The number of hydrogen-bond donors (Lipinski definition) is 1. The summed E-state index contributed by atoms with van der Waals surface area (Å²) in [6.45, 7) is 1.07. The molecule has 15 heavy (non-hydrogen) atoms. The van der Waals surface area contributed by atoms with E-state index in [1.54, 1.807) is 0 Å². The summed E-state index contributed by atoms with van der Waals surface area (Å²) in [4.78, 5) is 4.51. The van der Waals surface area contributed by atoms with Gasteiger partial charge in [0.1, 0.15) is 4.60 Å². The molecule has 1 aliphatic heterocycles. The fourth-order valence-electron chi connectivity index (χ4n) is 1.94. The normalized spacial score (nSPS) is 21.3. The van der Waals surface area contributed by atoms with E-state index in [0.717, 1.165) is 29.0 Å². The smallest absolute Gasteiger partial charge is 0.168 e. The summed E-state index contributed by atoms with van der Waals surface area (Å²) in [6, 6.07) is 6.24. The van der Waals surface area contributed by atoms with Gasteiger partial charge in [0, 0.05) is 0 Å². The van der Waals surface area contributed by atoms with Gasteiger partial charge in [0.05, 0.1) is 6.04 Å². The monoisotopic (exact) mass is 266 g/mol. The second-order valence-corrected chi connectivity index (χ2v) is 4.55. The number of fused-ring (bicyclic) bond motifs is 1. The van der Waals surface area contributed by atoms with Crippen LogP contribution in [-0.4, -0.2) is 21.1 Å². The molecule has 0 aromatic carbocycles. The lowest BCUT2D eigenvalue weighted by Crippen LogP contribution is -2.14. The van der Waals surface area contributed by atoms with Crippen LogP contribution in [0.1, 0.15) is 24.7 Å². The number of hydrogen-bond acceptors (Lipinski definition) is 3. The Hall–Kier alpha value is -0.940. The zero-order valence-electron chi connectivity index (χ0n) is 8.15. The standard InChI is InChI=1S/C10H11BrN4/c11-8-4-1-5-9-13-10(14-15(8)9)7-3-2-6-12-7/h1,4-5,7,12H,2-3,6H2. The molecule has 2 aromatic rings. The molecule has 78 valence electrons. The van der Waals surface area contributed by atoms with E-state index in [4.69, 9.17) is 0 Å². The van der Waals surface area contributed by atoms with Gasteiger partial charge in [-0.1, -0.05) is 6.07 Å². The van der Waals surface area contributed by atoms with E-state index in [2.05, 4.69) is 31.3 Å². The van der Waals surface area contributed by atoms with Crippen LogP contribution in [0.15, 0.2) is 22.8 Å². The second kappa shape index (κ2) is 3.57. The number of pyridine rings is 1. The van der Waals surface area contributed by atoms with Crippen molar-refractivity contribution in [3.05, 3.63) is 28.6 Å². The highest BCUT2D eigenvalue weighted by atomic mass is 79.9.